The maximum absolute atomic E-state index is 11.7. The van der Waals surface area contributed by atoms with E-state index in [-0.39, 0.29) is 6.10 Å². The van der Waals surface area contributed by atoms with Crippen molar-refractivity contribution < 1.29 is 9.53 Å². The molecule has 0 amide bonds. The highest BCUT2D eigenvalue weighted by atomic mass is 79.9. The predicted molar refractivity (Wildman–Crippen MR) is 70.0 cm³/mol. The highest BCUT2D eigenvalue weighted by Crippen LogP contribution is 2.22. The number of halogens is 1. The Labute approximate surface area is 108 Å². The van der Waals surface area contributed by atoms with Crippen LogP contribution in [0.15, 0.2) is 34.8 Å². The maximum Gasteiger partial charge on any atom is 0.357 e. The summed E-state index contributed by atoms with van der Waals surface area (Å²) in [5.41, 5.74) is 1.10. The number of pyridine rings is 1. The van der Waals surface area contributed by atoms with Crippen molar-refractivity contribution in [3.63, 3.8) is 0 Å². The van der Waals surface area contributed by atoms with E-state index in [1.807, 2.05) is 38.1 Å². The van der Waals surface area contributed by atoms with Gasteiger partial charge in [0, 0.05) is 9.86 Å². The van der Waals surface area contributed by atoms with Crippen molar-refractivity contribution in [2.24, 2.45) is 0 Å². The van der Waals surface area contributed by atoms with Crippen molar-refractivity contribution in [3.05, 3.63) is 40.5 Å². The van der Waals surface area contributed by atoms with Gasteiger partial charge in [-0.1, -0.05) is 18.2 Å². The van der Waals surface area contributed by atoms with Gasteiger partial charge in [0.15, 0.2) is 0 Å². The zero-order valence-corrected chi connectivity index (χ0v) is 11.2. The van der Waals surface area contributed by atoms with E-state index in [4.69, 9.17) is 4.74 Å². The monoisotopic (exact) mass is 293 g/mol. The molecule has 0 aliphatic carbocycles. The van der Waals surface area contributed by atoms with Crippen LogP contribution < -0.4 is 0 Å². The summed E-state index contributed by atoms with van der Waals surface area (Å²) >= 11 is 3.42. The fourth-order valence-electron chi connectivity index (χ4n) is 1.50. The van der Waals surface area contributed by atoms with E-state index >= 15 is 0 Å². The van der Waals surface area contributed by atoms with Crippen LogP contribution in [0.2, 0.25) is 0 Å². The lowest BCUT2D eigenvalue weighted by Gasteiger charge is -2.08. The van der Waals surface area contributed by atoms with Crippen LogP contribution in [0.4, 0.5) is 0 Å². The number of fused-ring (bicyclic) bond motifs is 1. The van der Waals surface area contributed by atoms with Crippen LogP contribution in [-0.4, -0.2) is 17.1 Å². The third kappa shape index (κ3) is 2.64. The minimum atomic E-state index is -0.391. The molecule has 0 radical (unpaired) electrons. The summed E-state index contributed by atoms with van der Waals surface area (Å²) in [6, 6.07) is 9.32. The largest absolute Gasteiger partial charge is 0.458 e. The van der Waals surface area contributed by atoms with Crippen LogP contribution >= 0.6 is 15.9 Å². The molecule has 0 fully saturated rings. The first-order valence-electron chi connectivity index (χ1n) is 5.34. The molecule has 3 nitrogen and oxygen atoms in total. The van der Waals surface area contributed by atoms with Gasteiger partial charge < -0.3 is 4.74 Å². The van der Waals surface area contributed by atoms with Gasteiger partial charge in [-0.25, -0.2) is 9.78 Å². The molecule has 0 N–H and O–H groups in total. The lowest BCUT2D eigenvalue weighted by atomic mass is 10.2. The number of hydrogen-bond acceptors (Lipinski definition) is 3. The molecule has 2 rings (SSSR count). The van der Waals surface area contributed by atoms with Gasteiger partial charge in [-0.05, 0) is 41.9 Å². The summed E-state index contributed by atoms with van der Waals surface area (Å²) in [4.78, 5) is 16.0. The number of para-hydroxylation sites is 1. The second-order valence-electron chi connectivity index (χ2n) is 3.96. The number of aromatic nitrogens is 1. The van der Waals surface area contributed by atoms with Crippen molar-refractivity contribution >= 4 is 32.8 Å². The SMILES string of the molecule is CC(C)OC(=O)c1ccc2cccc(Br)c2n1. The van der Waals surface area contributed by atoms with E-state index in [2.05, 4.69) is 20.9 Å². The van der Waals surface area contributed by atoms with Gasteiger partial charge in [-0.3, -0.25) is 0 Å². The molecule has 2 aromatic rings. The van der Waals surface area contributed by atoms with Crippen molar-refractivity contribution in [1.29, 1.82) is 0 Å². The molecule has 0 aliphatic rings. The minimum Gasteiger partial charge on any atom is -0.458 e. The Morgan fingerprint density at radius 1 is 1.29 bits per heavy atom. The van der Waals surface area contributed by atoms with Crippen LogP contribution in [0.25, 0.3) is 10.9 Å². The number of nitrogens with zero attached hydrogens (tertiary/aromatic N) is 1. The molecule has 0 saturated heterocycles. The molecular formula is C13H12BrNO2. The molecule has 0 bridgehead atoms. The van der Waals surface area contributed by atoms with E-state index in [0.717, 1.165) is 15.4 Å². The first-order valence-corrected chi connectivity index (χ1v) is 6.13. The molecule has 0 saturated carbocycles. The van der Waals surface area contributed by atoms with Gasteiger partial charge in [0.25, 0.3) is 0 Å². The zero-order valence-electron chi connectivity index (χ0n) is 9.61. The highest BCUT2D eigenvalue weighted by Gasteiger charge is 2.12. The smallest absolute Gasteiger partial charge is 0.357 e. The quantitative estimate of drug-likeness (QED) is 0.795. The van der Waals surface area contributed by atoms with E-state index < -0.39 is 5.97 Å². The topological polar surface area (TPSA) is 39.2 Å². The van der Waals surface area contributed by atoms with Crippen molar-refractivity contribution in [2.75, 3.05) is 0 Å². The standard InChI is InChI=1S/C13H12BrNO2/c1-8(2)17-13(16)11-7-6-9-4-3-5-10(14)12(9)15-11/h3-8H,1-2H3. The van der Waals surface area contributed by atoms with Crippen LogP contribution in [0.3, 0.4) is 0 Å². The molecule has 1 aromatic carbocycles. The van der Waals surface area contributed by atoms with Crippen molar-refractivity contribution in [2.45, 2.75) is 20.0 Å². The van der Waals surface area contributed by atoms with Crippen molar-refractivity contribution in [1.82, 2.24) is 4.98 Å². The number of esters is 1. The molecule has 1 aromatic heterocycles. The molecule has 0 atom stereocenters. The van der Waals surface area contributed by atoms with Gasteiger partial charge in [0.1, 0.15) is 5.69 Å². The fourth-order valence-corrected chi connectivity index (χ4v) is 1.97. The van der Waals surface area contributed by atoms with Gasteiger partial charge >= 0.3 is 5.97 Å². The van der Waals surface area contributed by atoms with Crippen LogP contribution in [0.1, 0.15) is 24.3 Å². The molecule has 0 spiro atoms. The van der Waals surface area contributed by atoms with Gasteiger partial charge in [-0.2, -0.15) is 0 Å². The zero-order chi connectivity index (χ0) is 12.4. The lowest BCUT2D eigenvalue weighted by molar-refractivity contribution is 0.0371. The van der Waals surface area contributed by atoms with Gasteiger partial charge in [0.05, 0.1) is 11.6 Å². The van der Waals surface area contributed by atoms with Crippen LogP contribution in [0.5, 0.6) is 0 Å². The molecule has 1 heterocycles. The molecule has 0 aliphatic heterocycles. The lowest BCUT2D eigenvalue weighted by Crippen LogP contribution is -2.13. The summed E-state index contributed by atoms with van der Waals surface area (Å²) in [6.07, 6.45) is -0.140. The summed E-state index contributed by atoms with van der Waals surface area (Å²) < 4.78 is 5.98. The van der Waals surface area contributed by atoms with E-state index in [1.165, 1.54) is 0 Å². The number of carbonyl (C=O) groups is 1. The first-order chi connectivity index (χ1) is 8.08. The third-order valence-corrected chi connectivity index (χ3v) is 2.86. The van der Waals surface area contributed by atoms with Crippen LogP contribution in [0, 0.1) is 0 Å². The highest BCUT2D eigenvalue weighted by molar-refractivity contribution is 9.10. The van der Waals surface area contributed by atoms with Gasteiger partial charge in [-0.15, -0.1) is 0 Å². The maximum atomic E-state index is 11.7. The number of benzene rings is 1. The molecule has 17 heavy (non-hydrogen) atoms. The number of hydrogen-bond donors (Lipinski definition) is 0. The first kappa shape index (κ1) is 12.0. The molecule has 88 valence electrons. The molecule has 0 unspecified atom stereocenters. The summed E-state index contributed by atoms with van der Waals surface area (Å²) in [6.45, 7) is 3.63. The number of carbonyl (C=O) groups excluding carboxylic acids is 1. The number of ether oxygens (including phenoxy) is 1. The van der Waals surface area contributed by atoms with E-state index in [0.29, 0.717) is 5.69 Å². The predicted octanol–water partition coefficient (Wildman–Crippen LogP) is 3.56. The van der Waals surface area contributed by atoms with Gasteiger partial charge in [0.2, 0.25) is 0 Å². The Balaban J connectivity index is 2.44. The second kappa shape index (κ2) is 4.84. The molecular weight excluding hydrogens is 282 g/mol. The average Bonchev–Trinajstić information content (AvgIpc) is 2.28. The Bertz CT molecular complexity index is 566. The van der Waals surface area contributed by atoms with E-state index in [9.17, 15) is 4.79 Å². The summed E-state index contributed by atoms with van der Waals surface area (Å²) in [5, 5.41) is 0.987. The Morgan fingerprint density at radius 2 is 2.06 bits per heavy atom. The Kier molecular flexibility index (Phi) is 3.43. The third-order valence-electron chi connectivity index (χ3n) is 2.22. The van der Waals surface area contributed by atoms with E-state index in [1.54, 1.807) is 6.07 Å². The minimum absolute atomic E-state index is 0.140. The summed E-state index contributed by atoms with van der Waals surface area (Å²) in [5.74, 6) is -0.391. The second-order valence-corrected chi connectivity index (χ2v) is 4.82. The average molecular weight is 294 g/mol. The van der Waals surface area contributed by atoms with Crippen LogP contribution in [-0.2, 0) is 4.74 Å². The Hall–Kier alpha value is -1.42. The Morgan fingerprint density at radius 3 is 2.76 bits per heavy atom. The normalized spacial score (nSPS) is 10.8. The molecule has 4 heteroatoms. The van der Waals surface area contributed by atoms with Crippen molar-refractivity contribution in [3.8, 4) is 0 Å². The fraction of sp³-hybridized carbons (Fsp3) is 0.231. The summed E-state index contributed by atoms with van der Waals surface area (Å²) in [7, 11) is 0. The number of rotatable bonds is 2.